The van der Waals surface area contributed by atoms with Gasteiger partial charge in [-0.3, -0.25) is 9.89 Å². The quantitative estimate of drug-likeness (QED) is 0.183. The van der Waals surface area contributed by atoms with E-state index in [0.717, 1.165) is 83.0 Å². The Hall–Kier alpha value is -0.880. The summed E-state index contributed by atoms with van der Waals surface area (Å²) in [7, 11) is 3.88. The Kier molecular flexibility index (Phi) is 14.3. The van der Waals surface area contributed by atoms with Crippen LogP contribution < -0.4 is 10.6 Å². The van der Waals surface area contributed by atoms with Crippen LogP contribution in [0, 0.1) is 6.92 Å². The molecule has 1 saturated heterocycles. The van der Waals surface area contributed by atoms with Crippen molar-refractivity contribution in [1.29, 1.82) is 0 Å². The average Bonchev–Trinajstić information content (AvgIpc) is 3.15. The summed E-state index contributed by atoms with van der Waals surface area (Å²) in [5, 5.41) is 6.80. The fourth-order valence-corrected chi connectivity index (χ4v) is 3.38. The number of guanidine groups is 1. The molecule has 1 unspecified atom stereocenters. The smallest absolute Gasteiger partial charge is 0.191 e. The van der Waals surface area contributed by atoms with Crippen LogP contribution in [0.3, 0.4) is 0 Å². The van der Waals surface area contributed by atoms with Crippen molar-refractivity contribution in [3.05, 3.63) is 23.7 Å². The second kappa shape index (κ2) is 15.9. The van der Waals surface area contributed by atoms with Crippen LogP contribution in [-0.4, -0.2) is 95.6 Å². The van der Waals surface area contributed by atoms with Crippen molar-refractivity contribution >= 4 is 29.9 Å². The summed E-state index contributed by atoms with van der Waals surface area (Å²) in [5.74, 6) is 2.75. The zero-order valence-corrected chi connectivity index (χ0v) is 21.3. The molecule has 2 heterocycles. The summed E-state index contributed by atoms with van der Waals surface area (Å²) < 4.78 is 16.6. The summed E-state index contributed by atoms with van der Waals surface area (Å²) in [6.45, 7) is 12.5. The number of morpholine rings is 1. The van der Waals surface area contributed by atoms with E-state index in [4.69, 9.17) is 18.9 Å². The Morgan fingerprint density at radius 1 is 1.27 bits per heavy atom. The van der Waals surface area contributed by atoms with Crippen molar-refractivity contribution < 1.29 is 13.9 Å². The van der Waals surface area contributed by atoms with Crippen molar-refractivity contribution in [1.82, 2.24) is 20.4 Å². The van der Waals surface area contributed by atoms with Gasteiger partial charge in [-0.25, -0.2) is 0 Å². The Morgan fingerprint density at radius 3 is 2.67 bits per heavy atom. The Morgan fingerprint density at radius 2 is 2.03 bits per heavy atom. The summed E-state index contributed by atoms with van der Waals surface area (Å²) in [6.07, 6.45) is 1.05. The van der Waals surface area contributed by atoms with Gasteiger partial charge in [-0.2, -0.15) is 0 Å². The third-order valence-electron chi connectivity index (χ3n) is 5.02. The van der Waals surface area contributed by atoms with Crippen LogP contribution >= 0.6 is 24.0 Å². The van der Waals surface area contributed by atoms with Crippen LogP contribution in [0.25, 0.3) is 0 Å². The van der Waals surface area contributed by atoms with Crippen LogP contribution in [0.15, 0.2) is 21.5 Å². The molecule has 9 heteroatoms. The topological polar surface area (TPSA) is 74.5 Å². The maximum atomic E-state index is 5.94. The zero-order valence-electron chi connectivity index (χ0n) is 19.0. The molecule has 1 aliphatic heterocycles. The van der Waals surface area contributed by atoms with E-state index < -0.39 is 0 Å². The summed E-state index contributed by atoms with van der Waals surface area (Å²) >= 11 is 0. The van der Waals surface area contributed by atoms with Crippen molar-refractivity contribution in [3.8, 4) is 0 Å². The van der Waals surface area contributed by atoms with Crippen LogP contribution in [0.5, 0.6) is 0 Å². The van der Waals surface area contributed by atoms with Gasteiger partial charge in [0.1, 0.15) is 11.5 Å². The molecule has 0 saturated carbocycles. The van der Waals surface area contributed by atoms with Gasteiger partial charge < -0.3 is 29.4 Å². The van der Waals surface area contributed by atoms with E-state index >= 15 is 0 Å². The molecule has 0 spiro atoms. The first-order chi connectivity index (χ1) is 14.1. The van der Waals surface area contributed by atoms with Crippen molar-refractivity contribution in [2.45, 2.75) is 26.3 Å². The van der Waals surface area contributed by atoms with Crippen LogP contribution in [0.2, 0.25) is 0 Å². The Balaban J connectivity index is 0.00000450. The second-order valence-corrected chi connectivity index (χ2v) is 7.41. The summed E-state index contributed by atoms with van der Waals surface area (Å²) in [5.41, 5.74) is 0. The number of ether oxygens (including phenoxy) is 2. The average molecular weight is 537 g/mol. The molecule has 0 bridgehead atoms. The highest BCUT2D eigenvalue weighted by Crippen LogP contribution is 2.24. The molecule has 2 N–H and O–H groups in total. The zero-order chi connectivity index (χ0) is 20.9. The number of likely N-dealkylation sites (N-methyl/N-ethyl adjacent to an activating group) is 1. The van der Waals surface area contributed by atoms with Gasteiger partial charge >= 0.3 is 0 Å². The van der Waals surface area contributed by atoms with E-state index in [9.17, 15) is 0 Å². The predicted octanol–water partition coefficient (Wildman–Crippen LogP) is 2.10. The van der Waals surface area contributed by atoms with Gasteiger partial charge in [0, 0.05) is 53.0 Å². The van der Waals surface area contributed by atoms with Gasteiger partial charge in [-0.15, -0.1) is 24.0 Å². The molecule has 0 aliphatic carbocycles. The number of methoxy groups -OCH3 is 1. The molecular formula is C21H40IN5O3. The lowest BCUT2D eigenvalue weighted by Crippen LogP contribution is -2.43. The first kappa shape index (κ1) is 27.2. The van der Waals surface area contributed by atoms with Crippen LogP contribution in [0.1, 0.15) is 30.9 Å². The lowest BCUT2D eigenvalue weighted by atomic mass is 10.1. The van der Waals surface area contributed by atoms with Gasteiger partial charge in [-0.05, 0) is 39.4 Å². The number of hydrogen-bond donors (Lipinski definition) is 2. The van der Waals surface area contributed by atoms with E-state index in [2.05, 4.69) is 40.5 Å². The second-order valence-electron chi connectivity index (χ2n) is 7.41. The highest BCUT2D eigenvalue weighted by atomic mass is 127. The van der Waals surface area contributed by atoms with Crippen LogP contribution in [0.4, 0.5) is 0 Å². The molecule has 0 radical (unpaired) electrons. The first-order valence-electron chi connectivity index (χ1n) is 10.7. The fraction of sp³-hybridized carbons (Fsp3) is 0.762. The summed E-state index contributed by atoms with van der Waals surface area (Å²) in [6, 6.07) is 4.22. The molecule has 0 aromatic carbocycles. The highest BCUT2D eigenvalue weighted by Gasteiger charge is 2.25. The molecule has 1 fully saturated rings. The standard InChI is InChI=1S/C21H39N5O3.HI/c1-5-22-21(23-9-11-25(3)10-6-14-27-4)24-17-19(20-8-7-18(2)29-20)26-12-15-28-16-13-26;/h7-8,19H,5-6,9-17H2,1-4H3,(H2,22,23,24);1H. The monoisotopic (exact) mass is 537 g/mol. The number of aliphatic imine (C=N–C) groups is 1. The van der Waals surface area contributed by atoms with Gasteiger partial charge in [0.2, 0.25) is 0 Å². The number of furan rings is 1. The van der Waals surface area contributed by atoms with Crippen molar-refractivity contribution in [2.24, 2.45) is 4.99 Å². The molecule has 0 amide bonds. The number of halogens is 1. The molecule has 174 valence electrons. The van der Waals surface area contributed by atoms with E-state index in [1.54, 1.807) is 7.11 Å². The third kappa shape index (κ3) is 9.95. The molecule has 2 rings (SSSR count). The molecule has 30 heavy (non-hydrogen) atoms. The van der Waals surface area contributed by atoms with Gasteiger partial charge in [0.05, 0.1) is 25.8 Å². The first-order valence-corrected chi connectivity index (χ1v) is 10.7. The van der Waals surface area contributed by atoms with E-state index in [0.29, 0.717) is 6.54 Å². The highest BCUT2D eigenvalue weighted by molar-refractivity contribution is 14.0. The van der Waals surface area contributed by atoms with E-state index in [1.165, 1.54) is 0 Å². The minimum atomic E-state index is 0. The lowest BCUT2D eigenvalue weighted by Gasteiger charge is -2.32. The summed E-state index contributed by atoms with van der Waals surface area (Å²) in [4.78, 5) is 9.56. The fourth-order valence-electron chi connectivity index (χ4n) is 3.38. The van der Waals surface area contributed by atoms with Crippen LogP contribution in [-0.2, 0) is 9.47 Å². The minimum absolute atomic E-state index is 0. The maximum absolute atomic E-state index is 5.94. The van der Waals surface area contributed by atoms with Gasteiger partial charge in [0.25, 0.3) is 0 Å². The SMILES string of the molecule is CCNC(=NCC(c1ccc(C)o1)N1CCOCC1)NCCN(C)CCCOC.I. The third-order valence-corrected chi connectivity index (χ3v) is 5.02. The van der Waals surface area contributed by atoms with E-state index in [1.807, 2.05) is 13.0 Å². The van der Waals surface area contributed by atoms with Gasteiger partial charge in [0.15, 0.2) is 5.96 Å². The number of rotatable bonds is 12. The predicted molar refractivity (Wildman–Crippen MR) is 132 cm³/mol. The maximum Gasteiger partial charge on any atom is 0.191 e. The number of nitrogens with zero attached hydrogens (tertiary/aromatic N) is 3. The lowest BCUT2D eigenvalue weighted by molar-refractivity contribution is 0.0135. The van der Waals surface area contributed by atoms with Crippen molar-refractivity contribution in [3.63, 3.8) is 0 Å². The molecule has 1 aromatic rings. The Bertz CT molecular complexity index is 593. The minimum Gasteiger partial charge on any atom is -0.465 e. The molecule has 1 aliphatic rings. The van der Waals surface area contributed by atoms with Gasteiger partial charge in [-0.1, -0.05) is 0 Å². The molecular weight excluding hydrogens is 497 g/mol. The molecule has 1 aromatic heterocycles. The normalized spacial score (nSPS) is 16.4. The molecule has 1 atom stereocenters. The number of aryl methyl sites for hydroxylation is 1. The Labute approximate surface area is 198 Å². The largest absolute Gasteiger partial charge is 0.465 e. The van der Waals surface area contributed by atoms with Crippen molar-refractivity contribution in [2.75, 3.05) is 79.8 Å². The number of nitrogens with one attached hydrogen (secondary N) is 2. The molecule has 8 nitrogen and oxygen atoms in total. The van der Waals surface area contributed by atoms with E-state index in [-0.39, 0.29) is 30.0 Å². The number of hydrogen-bond acceptors (Lipinski definition) is 6.